The average Bonchev–Trinajstić information content (AvgIpc) is 2.96. The van der Waals surface area contributed by atoms with Gasteiger partial charge in [-0.05, 0) is 73.5 Å². The Kier molecular flexibility index (Phi) is 5.00. The highest BCUT2D eigenvalue weighted by molar-refractivity contribution is 5.87. The molecular weight excluding hydrogens is 336 g/mol. The van der Waals surface area contributed by atoms with Crippen LogP contribution >= 0.6 is 0 Å². The monoisotopic (exact) mass is 372 g/mol. The molecule has 3 fully saturated rings. The highest BCUT2D eigenvalue weighted by Gasteiger charge is 2.61. The first-order chi connectivity index (χ1) is 12.9. The lowest BCUT2D eigenvalue weighted by atomic mass is 9.44. The van der Waals surface area contributed by atoms with Gasteiger partial charge in [-0.2, -0.15) is 0 Å². The molecule has 0 aliphatic heterocycles. The second-order valence-electron chi connectivity index (χ2n) is 9.89. The molecule has 0 radical (unpaired) electrons. The van der Waals surface area contributed by atoms with E-state index < -0.39 is 0 Å². The van der Waals surface area contributed by atoms with Crippen molar-refractivity contribution in [2.45, 2.75) is 58.8 Å². The normalized spacial score (nSPS) is 46.1. The fraction of sp³-hybridized carbons (Fsp3) is 0.783. The van der Waals surface area contributed by atoms with E-state index in [1.54, 1.807) is 0 Å². The highest BCUT2D eigenvalue weighted by Crippen LogP contribution is 2.66. The van der Waals surface area contributed by atoms with Gasteiger partial charge in [-0.1, -0.05) is 26.0 Å². The van der Waals surface area contributed by atoms with Crippen LogP contribution in [0.2, 0.25) is 0 Å². The Morgan fingerprint density at radius 1 is 1.30 bits per heavy atom. The molecule has 7 atom stereocenters. The van der Waals surface area contributed by atoms with Gasteiger partial charge in [0.25, 0.3) is 0 Å². The third-order valence-corrected chi connectivity index (χ3v) is 8.80. The molecule has 4 aliphatic rings. The summed E-state index contributed by atoms with van der Waals surface area (Å²) in [4.78, 5) is 18.1. The minimum atomic E-state index is -0.0522. The second kappa shape index (κ2) is 7.04. The molecule has 3 N–H and O–H groups in total. The van der Waals surface area contributed by atoms with Crippen LogP contribution in [0.25, 0.3) is 0 Å². The number of ketones is 1. The summed E-state index contributed by atoms with van der Waals surface area (Å²) in [7, 11) is 0. The van der Waals surface area contributed by atoms with Crippen LogP contribution in [-0.2, 0) is 9.63 Å². The van der Waals surface area contributed by atoms with Gasteiger partial charge in [0.15, 0.2) is 0 Å². The van der Waals surface area contributed by atoms with Gasteiger partial charge in [-0.3, -0.25) is 15.1 Å². The summed E-state index contributed by atoms with van der Waals surface area (Å²) in [5.74, 6) is 3.51. The van der Waals surface area contributed by atoms with Crippen LogP contribution in [0.5, 0.6) is 0 Å². The van der Waals surface area contributed by atoms with Crippen LogP contribution in [0.1, 0.15) is 58.8 Å². The van der Waals surface area contributed by atoms with Crippen molar-refractivity contribution >= 4 is 5.78 Å². The van der Waals surface area contributed by atoms with Gasteiger partial charge in [0.05, 0.1) is 6.61 Å². The Morgan fingerprint density at radius 3 is 2.85 bits per heavy atom. The lowest BCUT2D eigenvalue weighted by Gasteiger charge is -2.60. The quantitative estimate of drug-likeness (QED) is 0.435. The summed E-state index contributed by atoms with van der Waals surface area (Å²) in [5.41, 5.74) is 10.1. The summed E-state index contributed by atoms with van der Waals surface area (Å²) in [6.45, 7) is 10.0. The number of allylic oxidation sites excluding steroid dienone is 3. The molecule has 27 heavy (non-hydrogen) atoms. The van der Waals surface area contributed by atoms with Gasteiger partial charge in [-0.15, -0.1) is 6.58 Å². The van der Waals surface area contributed by atoms with Crippen molar-refractivity contribution in [1.29, 1.82) is 0 Å². The van der Waals surface area contributed by atoms with E-state index in [1.807, 2.05) is 0 Å². The molecule has 0 heterocycles. The fourth-order valence-corrected chi connectivity index (χ4v) is 7.30. The Balaban J connectivity index is 1.61. The molecule has 2 unspecified atom stereocenters. The number of hydrogen-bond donors (Lipinski definition) is 2. The summed E-state index contributed by atoms with van der Waals surface area (Å²) in [6.07, 6.45) is 12.2. The number of nitrogens with one attached hydrogen (secondary N) is 1. The van der Waals surface area contributed by atoms with Crippen molar-refractivity contribution in [3.8, 4) is 0 Å². The Morgan fingerprint density at radius 2 is 2.11 bits per heavy atom. The van der Waals surface area contributed by atoms with Crippen LogP contribution in [0.3, 0.4) is 0 Å². The van der Waals surface area contributed by atoms with Crippen molar-refractivity contribution < 1.29 is 9.63 Å². The van der Waals surface area contributed by atoms with Crippen LogP contribution in [0.15, 0.2) is 24.4 Å². The second-order valence-corrected chi connectivity index (χ2v) is 9.89. The molecule has 0 aromatic carbocycles. The van der Waals surface area contributed by atoms with Gasteiger partial charge in [0, 0.05) is 24.1 Å². The zero-order valence-electron chi connectivity index (χ0n) is 17.0. The van der Waals surface area contributed by atoms with E-state index in [0.717, 1.165) is 31.6 Å². The average molecular weight is 373 g/mol. The van der Waals surface area contributed by atoms with E-state index >= 15 is 0 Å². The Hall–Kier alpha value is -1.13. The molecule has 0 saturated heterocycles. The van der Waals surface area contributed by atoms with E-state index in [0.29, 0.717) is 48.0 Å². The third kappa shape index (κ3) is 2.91. The lowest BCUT2D eigenvalue weighted by molar-refractivity contribution is -0.138. The number of hydroxylamine groups is 1. The first-order valence-electron chi connectivity index (χ1n) is 10.9. The van der Waals surface area contributed by atoms with E-state index in [2.05, 4.69) is 38.1 Å². The first kappa shape index (κ1) is 19.2. The van der Waals surface area contributed by atoms with E-state index in [1.165, 1.54) is 25.0 Å². The minimum Gasteiger partial charge on any atom is -0.328 e. The number of carbonyl (C=O) groups excluding carboxylic acids is 1. The Labute approximate surface area is 163 Å². The maximum Gasteiger partial charge on any atom is 0.139 e. The summed E-state index contributed by atoms with van der Waals surface area (Å²) in [5, 5.41) is 0. The van der Waals surface area contributed by atoms with Crippen molar-refractivity contribution in [3.63, 3.8) is 0 Å². The number of hydrogen-bond acceptors (Lipinski definition) is 4. The standard InChI is InChI=1S/C23H36N2O2/c1-4-15-13-17-18-5-6-21(26)23(18,3)10-8-19(17)22(2)9-7-16(14-20(15)22)25-27-12-11-24/h4,14-15,17-20,25H,1,5-13,24H2,2-3H3/t15?,17-,18-,19+,20?,22+,23-/m0/s1. The fourth-order valence-electron chi connectivity index (χ4n) is 7.30. The molecule has 0 spiro atoms. The van der Waals surface area contributed by atoms with Crippen molar-refractivity contribution in [3.05, 3.63) is 24.4 Å². The predicted molar refractivity (Wildman–Crippen MR) is 107 cm³/mol. The largest absolute Gasteiger partial charge is 0.328 e. The maximum atomic E-state index is 12.6. The van der Waals surface area contributed by atoms with Crippen molar-refractivity contribution in [1.82, 2.24) is 5.48 Å². The van der Waals surface area contributed by atoms with Crippen LogP contribution < -0.4 is 11.2 Å². The molecule has 3 saturated carbocycles. The molecule has 0 bridgehead atoms. The first-order valence-corrected chi connectivity index (χ1v) is 10.9. The van der Waals surface area contributed by atoms with Gasteiger partial charge in [0.1, 0.15) is 5.78 Å². The molecule has 4 rings (SSSR count). The lowest BCUT2D eigenvalue weighted by Crippen LogP contribution is -2.55. The third-order valence-electron chi connectivity index (χ3n) is 8.80. The Bertz CT molecular complexity index is 644. The van der Waals surface area contributed by atoms with E-state index in [4.69, 9.17) is 10.6 Å². The maximum absolute atomic E-state index is 12.6. The SMILES string of the molecule is C=CC1C[C@@H]2[C@@H](CC[C@]3(C)C(=O)CC[C@@H]23)[C@@]2(C)CCC(NOCCN)=CC12. The van der Waals surface area contributed by atoms with Crippen LogP contribution in [0.4, 0.5) is 0 Å². The minimum absolute atomic E-state index is 0.0522. The zero-order valence-corrected chi connectivity index (χ0v) is 17.0. The molecule has 0 aromatic rings. The zero-order chi connectivity index (χ0) is 19.2. The topological polar surface area (TPSA) is 64.3 Å². The number of nitrogens with two attached hydrogens (primary N) is 1. The molecule has 4 heteroatoms. The molecule has 0 amide bonds. The predicted octanol–water partition coefficient (Wildman–Crippen LogP) is 3.98. The summed E-state index contributed by atoms with van der Waals surface area (Å²) < 4.78 is 0. The smallest absolute Gasteiger partial charge is 0.139 e. The number of Topliss-reactive ketones (excluding diaryl/α,β-unsaturated/α-hetero) is 1. The molecule has 4 aliphatic carbocycles. The van der Waals surface area contributed by atoms with Gasteiger partial charge in [0.2, 0.25) is 0 Å². The number of rotatable bonds is 5. The van der Waals surface area contributed by atoms with Gasteiger partial charge >= 0.3 is 0 Å². The number of carbonyl (C=O) groups is 1. The molecule has 150 valence electrons. The van der Waals surface area contributed by atoms with Crippen molar-refractivity contribution in [2.75, 3.05) is 13.2 Å². The van der Waals surface area contributed by atoms with Gasteiger partial charge in [-0.25, -0.2) is 0 Å². The van der Waals surface area contributed by atoms with Gasteiger partial charge < -0.3 is 5.73 Å². The molecular formula is C23H36N2O2. The molecule has 0 aromatic heterocycles. The van der Waals surface area contributed by atoms with Crippen LogP contribution in [0, 0.1) is 40.4 Å². The van der Waals surface area contributed by atoms with Crippen molar-refractivity contribution in [2.24, 2.45) is 46.2 Å². The number of fused-ring (bicyclic) bond motifs is 5. The summed E-state index contributed by atoms with van der Waals surface area (Å²) in [6, 6.07) is 0. The highest BCUT2D eigenvalue weighted by atomic mass is 16.6. The molecule has 4 nitrogen and oxygen atoms in total. The van der Waals surface area contributed by atoms with E-state index in [9.17, 15) is 4.79 Å². The van der Waals surface area contributed by atoms with Crippen LogP contribution in [-0.4, -0.2) is 18.9 Å². The summed E-state index contributed by atoms with van der Waals surface area (Å²) >= 11 is 0. The van der Waals surface area contributed by atoms with E-state index in [-0.39, 0.29) is 5.41 Å².